The third-order valence-corrected chi connectivity index (χ3v) is 3.40. The summed E-state index contributed by atoms with van der Waals surface area (Å²) < 4.78 is 0. The van der Waals surface area contributed by atoms with E-state index in [9.17, 15) is 4.79 Å². The Kier molecular flexibility index (Phi) is 2.91. The van der Waals surface area contributed by atoms with Gasteiger partial charge in [-0.25, -0.2) is 4.79 Å². The van der Waals surface area contributed by atoms with Gasteiger partial charge in [-0.15, -0.1) is 0 Å². The highest BCUT2D eigenvalue weighted by molar-refractivity contribution is 6.08. The second-order valence-corrected chi connectivity index (χ2v) is 4.55. The molecule has 2 aliphatic rings. The number of carboxylic acids is 1. The minimum absolute atomic E-state index is 0.135. The van der Waals surface area contributed by atoms with Gasteiger partial charge in [0, 0.05) is 17.4 Å². The first-order chi connectivity index (χ1) is 9.27. The highest BCUT2D eigenvalue weighted by Gasteiger charge is 2.36. The van der Waals surface area contributed by atoms with Crippen LogP contribution in [0.5, 0.6) is 0 Å². The van der Waals surface area contributed by atoms with Crippen LogP contribution in [0, 0.1) is 5.92 Å². The number of carbonyl (C=O) groups is 1. The van der Waals surface area contributed by atoms with Gasteiger partial charge in [-0.05, 0) is 5.56 Å². The molecule has 0 aliphatic heterocycles. The Morgan fingerprint density at radius 1 is 1.21 bits per heavy atom. The maximum absolute atomic E-state index is 10.5. The minimum Gasteiger partial charge on any atom is -0.479 e. The molecule has 0 spiro atoms. The molecule has 0 heterocycles. The van der Waals surface area contributed by atoms with Crippen molar-refractivity contribution in [3.05, 3.63) is 59.7 Å². The summed E-state index contributed by atoms with van der Waals surface area (Å²) in [5.41, 5.74) is 3.06. The zero-order valence-corrected chi connectivity index (χ0v) is 10.2. The molecule has 2 aliphatic carbocycles. The Morgan fingerprint density at radius 2 is 1.95 bits per heavy atom. The number of hydrogen-bond acceptors (Lipinski definition) is 3. The number of fused-ring (bicyclic) bond motifs is 3. The Balaban J connectivity index is 1.97. The molecule has 0 aromatic heterocycles. The minimum atomic E-state index is -1.02. The van der Waals surface area contributed by atoms with Gasteiger partial charge in [0.05, 0.1) is 5.71 Å². The molecule has 0 saturated heterocycles. The van der Waals surface area contributed by atoms with E-state index in [4.69, 9.17) is 9.94 Å². The highest BCUT2D eigenvalue weighted by Crippen LogP contribution is 2.41. The fraction of sp³-hybridized carbons (Fsp3) is 0.200. The quantitative estimate of drug-likeness (QED) is 0.843. The molecule has 96 valence electrons. The third-order valence-electron chi connectivity index (χ3n) is 3.40. The van der Waals surface area contributed by atoms with Gasteiger partial charge < -0.3 is 9.94 Å². The molecule has 1 N–H and O–H groups in total. The van der Waals surface area contributed by atoms with E-state index in [1.807, 2.05) is 30.4 Å². The first-order valence-electron chi connectivity index (χ1n) is 6.13. The summed E-state index contributed by atoms with van der Waals surface area (Å²) in [6.07, 6.45) is 8.23. The average molecular weight is 255 g/mol. The van der Waals surface area contributed by atoms with Crippen LogP contribution < -0.4 is 0 Å². The number of nitrogens with zero attached hydrogens (tertiary/aromatic N) is 1. The van der Waals surface area contributed by atoms with E-state index in [0.717, 1.165) is 11.3 Å². The molecule has 1 aromatic carbocycles. The molecular weight excluding hydrogens is 242 g/mol. The van der Waals surface area contributed by atoms with E-state index in [0.29, 0.717) is 0 Å². The van der Waals surface area contributed by atoms with Crippen LogP contribution in [0.25, 0.3) is 0 Å². The van der Waals surface area contributed by atoms with Crippen molar-refractivity contribution in [2.75, 3.05) is 6.61 Å². The fourth-order valence-corrected chi connectivity index (χ4v) is 2.63. The number of hydrogen-bond donors (Lipinski definition) is 1. The largest absolute Gasteiger partial charge is 0.479 e. The zero-order chi connectivity index (χ0) is 13.2. The molecule has 0 amide bonds. The van der Waals surface area contributed by atoms with E-state index >= 15 is 0 Å². The van der Waals surface area contributed by atoms with Gasteiger partial charge in [-0.3, -0.25) is 0 Å². The van der Waals surface area contributed by atoms with E-state index in [1.165, 1.54) is 5.56 Å². The molecule has 4 nitrogen and oxygen atoms in total. The van der Waals surface area contributed by atoms with Crippen molar-refractivity contribution in [1.29, 1.82) is 0 Å². The fourth-order valence-electron chi connectivity index (χ4n) is 2.63. The lowest BCUT2D eigenvalue weighted by atomic mass is 9.88. The molecule has 2 atom stereocenters. The van der Waals surface area contributed by atoms with E-state index in [1.54, 1.807) is 0 Å². The summed E-state index contributed by atoms with van der Waals surface area (Å²) in [4.78, 5) is 15.4. The monoisotopic (exact) mass is 255 g/mol. The standard InChI is InChI=1S/C15H13NO3/c17-14(18)9-19-16-15-12-7-3-1-5-10(12)11-6-2-4-8-13(11)15/h1-8,10,12H,9H2,(H,17,18)/b16-15-/t10-,12-/m0/s1. The number of allylic oxidation sites excluding steroid dienone is 4. The lowest BCUT2D eigenvalue weighted by molar-refractivity contribution is -0.142. The molecular formula is C15H13NO3. The number of rotatable bonds is 3. The second-order valence-electron chi connectivity index (χ2n) is 4.55. The zero-order valence-electron chi connectivity index (χ0n) is 10.2. The Hall–Kier alpha value is -2.36. The molecule has 3 rings (SSSR count). The Labute approximate surface area is 110 Å². The smallest absolute Gasteiger partial charge is 0.344 e. The average Bonchev–Trinajstić information content (AvgIpc) is 2.74. The van der Waals surface area contributed by atoms with Gasteiger partial charge in [-0.2, -0.15) is 0 Å². The van der Waals surface area contributed by atoms with Crippen LogP contribution in [0.3, 0.4) is 0 Å². The van der Waals surface area contributed by atoms with Crippen molar-refractivity contribution in [3.63, 3.8) is 0 Å². The highest BCUT2D eigenvalue weighted by atomic mass is 16.6. The van der Waals surface area contributed by atoms with Gasteiger partial charge in [-0.1, -0.05) is 53.7 Å². The molecule has 19 heavy (non-hydrogen) atoms. The normalized spacial score (nSPS) is 25.2. The molecule has 0 radical (unpaired) electrons. The van der Waals surface area contributed by atoms with E-state index in [-0.39, 0.29) is 11.8 Å². The number of benzene rings is 1. The predicted molar refractivity (Wildman–Crippen MR) is 71.1 cm³/mol. The summed E-state index contributed by atoms with van der Waals surface area (Å²) in [7, 11) is 0. The maximum Gasteiger partial charge on any atom is 0.344 e. The van der Waals surface area contributed by atoms with Crippen molar-refractivity contribution in [2.45, 2.75) is 5.92 Å². The van der Waals surface area contributed by atoms with Crippen LogP contribution in [0.15, 0.2) is 53.7 Å². The van der Waals surface area contributed by atoms with Crippen LogP contribution in [0.2, 0.25) is 0 Å². The van der Waals surface area contributed by atoms with Crippen LogP contribution in [0.1, 0.15) is 17.0 Å². The number of carboxylic acid groups (broad SMARTS) is 1. The Morgan fingerprint density at radius 3 is 2.74 bits per heavy atom. The predicted octanol–water partition coefficient (Wildman–Crippen LogP) is 2.33. The first-order valence-corrected chi connectivity index (χ1v) is 6.13. The summed E-state index contributed by atoms with van der Waals surface area (Å²) in [5.74, 6) is -0.615. The van der Waals surface area contributed by atoms with Crippen LogP contribution in [-0.2, 0) is 9.63 Å². The van der Waals surface area contributed by atoms with Crippen molar-refractivity contribution in [1.82, 2.24) is 0 Å². The first kappa shape index (κ1) is 11.7. The molecule has 0 unspecified atom stereocenters. The lowest BCUT2D eigenvalue weighted by Crippen LogP contribution is -2.14. The molecule has 1 aromatic rings. The van der Waals surface area contributed by atoms with Gasteiger partial charge >= 0.3 is 5.97 Å². The van der Waals surface area contributed by atoms with Gasteiger partial charge in [0.25, 0.3) is 0 Å². The van der Waals surface area contributed by atoms with Crippen molar-refractivity contribution in [2.24, 2.45) is 11.1 Å². The second kappa shape index (κ2) is 4.72. The molecule has 0 bridgehead atoms. The SMILES string of the molecule is O=C(O)CO/N=C1\c2ccccc2[C@@H]2C=CC=C[C@H]12. The topological polar surface area (TPSA) is 58.9 Å². The van der Waals surface area contributed by atoms with E-state index < -0.39 is 12.6 Å². The van der Waals surface area contributed by atoms with Gasteiger partial charge in [0.1, 0.15) is 0 Å². The molecule has 0 saturated carbocycles. The maximum atomic E-state index is 10.5. The Bertz CT molecular complexity index is 601. The summed E-state index contributed by atoms with van der Waals surface area (Å²) in [5, 5.41) is 12.6. The van der Waals surface area contributed by atoms with Crippen molar-refractivity contribution < 1.29 is 14.7 Å². The van der Waals surface area contributed by atoms with Crippen molar-refractivity contribution in [3.8, 4) is 0 Å². The van der Waals surface area contributed by atoms with Crippen LogP contribution >= 0.6 is 0 Å². The van der Waals surface area contributed by atoms with E-state index in [2.05, 4.69) is 23.4 Å². The van der Waals surface area contributed by atoms with Crippen LogP contribution in [-0.4, -0.2) is 23.4 Å². The van der Waals surface area contributed by atoms with Crippen LogP contribution in [0.4, 0.5) is 0 Å². The molecule has 4 heteroatoms. The van der Waals surface area contributed by atoms with Gasteiger partial charge in [0.2, 0.25) is 6.61 Å². The summed E-state index contributed by atoms with van der Waals surface area (Å²) >= 11 is 0. The van der Waals surface area contributed by atoms with Crippen molar-refractivity contribution >= 4 is 11.7 Å². The van der Waals surface area contributed by atoms with Gasteiger partial charge in [0.15, 0.2) is 0 Å². The summed E-state index contributed by atoms with van der Waals surface area (Å²) in [6, 6.07) is 8.04. The lowest BCUT2D eigenvalue weighted by Gasteiger charge is -2.15. The number of aliphatic carboxylic acids is 1. The third kappa shape index (κ3) is 2.05. The summed E-state index contributed by atoms with van der Waals surface area (Å²) in [6.45, 7) is -0.414. The number of oxime groups is 1. The molecule has 0 fully saturated rings.